The van der Waals surface area contributed by atoms with E-state index in [4.69, 9.17) is 4.42 Å². The summed E-state index contributed by atoms with van der Waals surface area (Å²) in [5.41, 5.74) is 1.26. The molecule has 4 rings (SSSR count). The number of benzene rings is 2. The van der Waals surface area contributed by atoms with Crippen molar-refractivity contribution < 1.29 is 14.0 Å². The van der Waals surface area contributed by atoms with Crippen LogP contribution in [0.5, 0.6) is 0 Å². The Kier molecular flexibility index (Phi) is 1.85. The molecule has 3 aromatic rings. The predicted molar refractivity (Wildman–Crippen MR) is 69.5 cm³/mol. The minimum absolute atomic E-state index is 0.147. The molecule has 1 aliphatic rings. The van der Waals surface area contributed by atoms with Gasteiger partial charge >= 0.3 is 0 Å². The van der Waals surface area contributed by atoms with Gasteiger partial charge in [-0.1, -0.05) is 30.3 Å². The highest BCUT2D eigenvalue weighted by atomic mass is 16.3. The number of carbonyl (C=O) groups excluding carboxylic acids is 2. The number of furan rings is 1. The summed E-state index contributed by atoms with van der Waals surface area (Å²) < 4.78 is 5.17. The Balaban J connectivity index is 2.16. The number of ketones is 2. The third-order valence-corrected chi connectivity index (χ3v) is 3.52. The van der Waals surface area contributed by atoms with E-state index >= 15 is 0 Å². The topological polar surface area (TPSA) is 47.3 Å². The minimum atomic E-state index is -0.216. The third-order valence-electron chi connectivity index (χ3n) is 3.52. The maximum Gasteiger partial charge on any atom is 0.230 e. The molecular weight excluding hydrogens is 240 g/mol. The molecule has 3 heteroatoms. The van der Waals surface area contributed by atoms with E-state index in [2.05, 4.69) is 0 Å². The Hall–Kier alpha value is -2.68. The predicted octanol–water partition coefficient (Wildman–Crippen LogP) is 3.21. The normalized spacial score (nSPS) is 13.5. The molecule has 1 aliphatic carbocycles. The van der Waals surface area contributed by atoms with Crippen LogP contribution < -0.4 is 0 Å². The Morgan fingerprint density at radius 3 is 2.53 bits per heavy atom. The van der Waals surface area contributed by atoms with E-state index in [-0.39, 0.29) is 17.3 Å². The average Bonchev–Trinajstić information content (AvgIpc) is 2.93. The van der Waals surface area contributed by atoms with Gasteiger partial charge < -0.3 is 4.42 Å². The molecule has 0 spiro atoms. The molecule has 0 bridgehead atoms. The van der Waals surface area contributed by atoms with Crippen molar-refractivity contribution in [2.45, 2.75) is 0 Å². The van der Waals surface area contributed by atoms with E-state index < -0.39 is 0 Å². The lowest BCUT2D eigenvalue weighted by atomic mass is 9.85. The lowest BCUT2D eigenvalue weighted by Gasteiger charge is -2.15. The fraction of sp³-hybridized carbons (Fsp3) is 0. The number of rotatable bonds is 0. The maximum absolute atomic E-state index is 12.5. The van der Waals surface area contributed by atoms with Gasteiger partial charge in [-0.2, -0.15) is 0 Å². The SMILES string of the molecule is O=C1c2ccoc2C(=O)c2c1ccc1ccccc21. The Labute approximate surface area is 108 Å². The first-order valence-corrected chi connectivity index (χ1v) is 5.96. The first-order chi connectivity index (χ1) is 9.27. The Morgan fingerprint density at radius 2 is 1.63 bits per heavy atom. The molecule has 0 fully saturated rings. The highest BCUT2D eigenvalue weighted by Gasteiger charge is 2.33. The van der Waals surface area contributed by atoms with Crippen LogP contribution in [0.4, 0.5) is 0 Å². The zero-order valence-electron chi connectivity index (χ0n) is 9.84. The second-order valence-corrected chi connectivity index (χ2v) is 4.53. The lowest BCUT2D eigenvalue weighted by molar-refractivity contribution is 0.0962. The summed E-state index contributed by atoms with van der Waals surface area (Å²) in [5, 5.41) is 1.73. The molecule has 0 amide bonds. The van der Waals surface area contributed by atoms with Crippen LogP contribution in [0.15, 0.2) is 53.1 Å². The standard InChI is InChI=1S/C16H8O3/c17-14-11-6-5-9-3-1-2-4-10(9)13(11)15(18)16-12(14)7-8-19-16/h1-8H. The summed E-state index contributed by atoms with van der Waals surface area (Å²) in [6.45, 7) is 0. The first-order valence-electron chi connectivity index (χ1n) is 5.96. The van der Waals surface area contributed by atoms with Crippen LogP contribution in [0.3, 0.4) is 0 Å². The van der Waals surface area contributed by atoms with E-state index in [0.717, 1.165) is 10.8 Å². The maximum atomic E-state index is 12.5. The van der Waals surface area contributed by atoms with Crippen molar-refractivity contribution in [2.75, 3.05) is 0 Å². The van der Waals surface area contributed by atoms with Gasteiger partial charge in [0.2, 0.25) is 5.78 Å². The molecule has 1 heterocycles. The highest BCUT2D eigenvalue weighted by Crippen LogP contribution is 2.32. The van der Waals surface area contributed by atoms with Crippen molar-refractivity contribution >= 4 is 22.3 Å². The van der Waals surface area contributed by atoms with E-state index in [1.165, 1.54) is 6.26 Å². The summed E-state index contributed by atoms with van der Waals surface area (Å²) in [4.78, 5) is 24.8. The number of carbonyl (C=O) groups is 2. The first kappa shape index (κ1) is 10.3. The summed E-state index contributed by atoms with van der Waals surface area (Å²) in [6, 6.07) is 12.7. The van der Waals surface area contributed by atoms with Gasteiger partial charge in [-0.15, -0.1) is 0 Å². The van der Waals surface area contributed by atoms with Crippen LogP contribution in [0.1, 0.15) is 32.0 Å². The molecule has 0 saturated heterocycles. The minimum Gasteiger partial charge on any atom is -0.460 e. The van der Waals surface area contributed by atoms with Crippen LogP contribution >= 0.6 is 0 Å². The van der Waals surface area contributed by atoms with Crippen molar-refractivity contribution in [3.05, 3.63) is 71.2 Å². The fourth-order valence-electron chi connectivity index (χ4n) is 2.63. The van der Waals surface area contributed by atoms with E-state index in [9.17, 15) is 9.59 Å². The molecule has 19 heavy (non-hydrogen) atoms. The molecule has 0 unspecified atom stereocenters. The van der Waals surface area contributed by atoms with Gasteiger partial charge in [0, 0.05) is 11.1 Å². The molecule has 0 radical (unpaired) electrons. The summed E-state index contributed by atoms with van der Waals surface area (Å²) in [5.74, 6) is -0.218. The second kappa shape index (κ2) is 3.42. The van der Waals surface area contributed by atoms with Gasteiger partial charge in [0.25, 0.3) is 0 Å². The third kappa shape index (κ3) is 1.21. The van der Waals surface area contributed by atoms with Gasteiger partial charge in [0.15, 0.2) is 11.5 Å². The van der Waals surface area contributed by atoms with Crippen LogP contribution in [0.2, 0.25) is 0 Å². The summed E-state index contributed by atoms with van der Waals surface area (Å²) in [6.07, 6.45) is 1.38. The van der Waals surface area contributed by atoms with Crippen molar-refractivity contribution in [3.8, 4) is 0 Å². The number of fused-ring (bicyclic) bond motifs is 4. The van der Waals surface area contributed by atoms with Gasteiger partial charge in [-0.25, -0.2) is 0 Å². The van der Waals surface area contributed by atoms with E-state index in [0.29, 0.717) is 16.7 Å². The zero-order chi connectivity index (χ0) is 13.0. The molecule has 0 atom stereocenters. The Morgan fingerprint density at radius 1 is 0.789 bits per heavy atom. The van der Waals surface area contributed by atoms with Crippen LogP contribution in [0, 0.1) is 0 Å². The monoisotopic (exact) mass is 248 g/mol. The molecule has 0 saturated carbocycles. The molecule has 3 nitrogen and oxygen atoms in total. The van der Waals surface area contributed by atoms with Gasteiger partial charge in [-0.3, -0.25) is 9.59 Å². The van der Waals surface area contributed by atoms with Crippen molar-refractivity contribution in [2.24, 2.45) is 0 Å². The van der Waals surface area contributed by atoms with E-state index in [1.54, 1.807) is 12.1 Å². The van der Waals surface area contributed by atoms with Crippen LogP contribution in [-0.2, 0) is 0 Å². The van der Waals surface area contributed by atoms with E-state index in [1.807, 2.05) is 30.3 Å². The highest BCUT2D eigenvalue weighted by molar-refractivity contribution is 6.31. The summed E-state index contributed by atoms with van der Waals surface area (Å²) >= 11 is 0. The lowest BCUT2D eigenvalue weighted by Crippen LogP contribution is -2.19. The molecular formula is C16H8O3. The van der Waals surface area contributed by atoms with Gasteiger partial charge in [-0.05, 0) is 22.9 Å². The molecule has 2 aromatic carbocycles. The van der Waals surface area contributed by atoms with Crippen molar-refractivity contribution in [1.82, 2.24) is 0 Å². The molecule has 0 aliphatic heterocycles. The molecule has 90 valence electrons. The average molecular weight is 248 g/mol. The van der Waals surface area contributed by atoms with Gasteiger partial charge in [0.05, 0.1) is 11.8 Å². The van der Waals surface area contributed by atoms with Crippen molar-refractivity contribution in [1.29, 1.82) is 0 Å². The van der Waals surface area contributed by atoms with Crippen LogP contribution in [0.25, 0.3) is 10.8 Å². The largest absolute Gasteiger partial charge is 0.460 e. The molecule has 0 N–H and O–H groups in total. The number of hydrogen-bond acceptors (Lipinski definition) is 3. The molecule has 1 aromatic heterocycles. The van der Waals surface area contributed by atoms with Gasteiger partial charge in [0.1, 0.15) is 0 Å². The quantitative estimate of drug-likeness (QED) is 0.480. The van der Waals surface area contributed by atoms with Crippen molar-refractivity contribution in [3.63, 3.8) is 0 Å². The number of hydrogen-bond donors (Lipinski definition) is 0. The second-order valence-electron chi connectivity index (χ2n) is 4.53. The smallest absolute Gasteiger partial charge is 0.230 e. The Bertz CT molecular complexity index is 855. The van der Waals surface area contributed by atoms with Crippen LogP contribution in [-0.4, -0.2) is 11.6 Å². The zero-order valence-corrected chi connectivity index (χ0v) is 9.84. The summed E-state index contributed by atoms with van der Waals surface area (Å²) in [7, 11) is 0. The fourth-order valence-corrected chi connectivity index (χ4v) is 2.63.